The van der Waals surface area contributed by atoms with Gasteiger partial charge in [-0.25, -0.2) is 4.68 Å². The van der Waals surface area contributed by atoms with Crippen LogP contribution in [0.3, 0.4) is 0 Å². The van der Waals surface area contributed by atoms with E-state index in [4.69, 9.17) is 4.42 Å². The van der Waals surface area contributed by atoms with Crippen LogP contribution in [0.15, 0.2) is 35.5 Å². The number of hydrogen-bond donors (Lipinski definition) is 1. The van der Waals surface area contributed by atoms with Crippen LogP contribution in [0.4, 0.5) is 0 Å². The zero-order chi connectivity index (χ0) is 12.3. The lowest BCUT2D eigenvalue weighted by Gasteiger charge is -2.09. The summed E-state index contributed by atoms with van der Waals surface area (Å²) >= 11 is 0. The maximum atomic E-state index is 5.56. The van der Waals surface area contributed by atoms with Gasteiger partial charge in [-0.05, 0) is 26.0 Å². The van der Waals surface area contributed by atoms with Gasteiger partial charge in [0.1, 0.15) is 11.5 Å². The number of nitrogens with zero attached hydrogens (tertiary/aromatic N) is 2. The minimum absolute atomic E-state index is 0.191. The van der Waals surface area contributed by atoms with Crippen molar-refractivity contribution in [1.82, 2.24) is 15.1 Å². The lowest BCUT2D eigenvalue weighted by molar-refractivity contribution is 0.416. The van der Waals surface area contributed by atoms with Crippen molar-refractivity contribution in [3.63, 3.8) is 0 Å². The van der Waals surface area contributed by atoms with Crippen LogP contribution >= 0.6 is 0 Å². The standard InChI is InChI=1S/C13H17N3O/c1-4-16-9-12(8-15-16)7-14-11(3)13-6-5-10(2)17-13/h4-6,8-9,11,14H,1,7H2,2-3H3. The molecule has 0 saturated heterocycles. The molecule has 4 nitrogen and oxygen atoms in total. The maximum absolute atomic E-state index is 5.56. The molecule has 4 heteroatoms. The van der Waals surface area contributed by atoms with Crippen LogP contribution in [0.1, 0.15) is 30.0 Å². The summed E-state index contributed by atoms with van der Waals surface area (Å²) in [6.45, 7) is 8.44. The summed E-state index contributed by atoms with van der Waals surface area (Å²) in [6, 6.07) is 4.17. The van der Waals surface area contributed by atoms with Crippen molar-refractivity contribution in [2.75, 3.05) is 0 Å². The van der Waals surface area contributed by atoms with Gasteiger partial charge < -0.3 is 9.73 Å². The van der Waals surface area contributed by atoms with Crippen LogP contribution in [0.2, 0.25) is 0 Å². The molecule has 0 fully saturated rings. The molecule has 0 aliphatic rings. The van der Waals surface area contributed by atoms with E-state index in [1.54, 1.807) is 10.9 Å². The third kappa shape index (κ3) is 2.85. The van der Waals surface area contributed by atoms with E-state index < -0.39 is 0 Å². The van der Waals surface area contributed by atoms with Gasteiger partial charge >= 0.3 is 0 Å². The van der Waals surface area contributed by atoms with Gasteiger partial charge in [-0.2, -0.15) is 5.10 Å². The predicted octanol–water partition coefficient (Wildman–Crippen LogP) is 2.74. The smallest absolute Gasteiger partial charge is 0.120 e. The van der Waals surface area contributed by atoms with E-state index in [-0.39, 0.29) is 6.04 Å². The summed E-state index contributed by atoms with van der Waals surface area (Å²) in [4.78, 5) is 0. The lowest BCUT2D eigenvalue weighted by atomic mass is 10.2. The van der Waals surface area contributed by atoms with E-state index in [1.807, 2.05) is 31.5 Å². The fourth-order valence-electron chi connectivity index (χ4n) is 1.63. The molecule has 0 bridgehead atoms. The highest BCUT2D eigenvalue weighted by Gasteiger charge is 2.08. The van der Waals surface area contributed by atoms with Crippen molar-refractivity contribution in [2.45, 2.75) is 26.4 Å². The Morgan fingerprint density at radius 3 is 3.00 bits per heavy atom. The number of aromatic nitrogens is 2. The van der Waals surface area contributed by atoms with Crippen molar-refractivity contribution in [3.05, 3.63) is 48.2 Å². The Kier molecular flexibility index (Phi) is 3.44. The number of aryl methyl sites for hydroxylation is 1. The molecule has 0 saturated carbocycles. The quantitative estimate of drug-likeness (QED) is 0.860. The van der Waals surface area contributed by atoms with Crippen molar-refractivity contribution >= 4 is 6.20 Å². The molecule has 2 rings (SSSR count). The van der Waals surface area contributed by atoms with Gasteiger partial charge in [0.15, 0.2) is 0 Å². The predicted molar refractivity (Wildman–Crippen MR) is 67.3 cm³/mol. The number of furan rings is 1. The molecule has 90 valence electrons. The first-order chi connectivity index (χ1) is 8.19. The monoisotopic (exact) mass is 231 g/mol. The van der Waals surface area contributed by atoms with E-state index >= 15 is 0 Å². The van der Waals surface area contributed by atoms with E-state index in [9.17, 15) is 0 Å². The van der Waals surface area contributed by atoms with Crippen LogP contribution in [0, 0.1) is 6.92 Å². The molecular weight excluding hydrogens is 214 g/mol. The summed E-state index contributed by atoms with van der Waals surface area (Å²) in [7, 11) is 0. The highest BCUT2D eigenvalue weighted by Crippen LogP contribution is 2.15. The Labute approximate surface area is 101 Å². The van der Waals surface area contributed by atoms with Crippen molar-refractivity contribution in [2.24, 2.45) is 0 Å². The Bertz CT molecular complexity index is 498. The molecule has 17 heavy (non-hydrogen) atoms. The molecule has 2 heterocycles. The van der Waals surface area contributed by atoms with E-state index in [0.29, 0.717) is 0 Å². The summed E-state index contributed by atoms with van der Waals surface area (Å²) in [5.41, 5.74) is 1.13. The van der Waals surface area contributed by atoms with Gasteiger partial charge in [0, 0.05) is 24.5 Å². The Balaban J connectivity index is 1.91. The first-order valence-corrected chi connectivity index (χ1v) is 5.64. The van der Waals surface area contributed by atoms with Crippen LogP contribution in [0.5, 0.6) is 0 Å². The first kappa shape index (κ1) is 11.7. The molecule has 0 amide bonds. The molecule has 0 aromatic carbocycles. The Morgan fingerprint density at radius 2 is 2.41 bits per heavy atom. The van der Waals surface area contributed by atoms with Crippen LogP contribution in [0.25, 0.3) is 6.20 Å². The van der Waals surface area contributed by atoms with Crippen LogP contribution < -0.4 is 5.32 Å². The van der Waals surface area contributed by atoms with Crippen molar-refractivity contribution in [1.29, 1.82) is 0 Å². The largest absolute Gasteiger partial charge is 0.465 e. The lowest BCUT2D eigenvalue weighted by Crippen LogP contribution is -2.17. The fourth-order valence-corrected chi connectivity index (χ4v) is 1.63. The highest BCUT2D eigenvalue weighted by atomic mass is 16.3. The minimum Gasteiger partial charge on any atom is -0.465 e. The van der Waals surface area contributed by atoms with E-state index in [0.717, 1.165) is 23.6 Å². The number of rotatable bonds is 5. The molecule has 0 spiro atoms. The topological polar surface area (TPSA) is 43.0 Å². The summed E-state index contributed by atoms with van der Waals surface area (Å²) in [6.07, 6.45) is 5.44. The third-order valence-corrected chi connectivity index (χ3v) is 2.64. The second kappa shape index (κ2) is 5.01. The van der Waals surface area contributed by atoms with E-state index in [2.05, 4.69) is 23.9 Å². The van der Waals surface area contributed by atoms with Crippen molar-refractivity contribution in [3.8, 4) is 0 Å². The average molecular weight is 231 g/mol. The summed E-state index contributed by atoms with van der Waals surface area (Å²) in [5.74, 6) is 1.90. The number of hydrogen-bond acceptors (Lipinski definition) is 3. The third-order valence-electron chi connectivity index (χ3n) is 2.64. The van der Waals surface area contributed by atoms with Gasteiger partial charge in [-0.1, -0.05) is 6.58 Å². The fraction of sp³-hybridized carbons (Fsp3) is 0.308. The first-order valence-electron chi connectivity index (χ1n) is 5.64. The normalized spacial score (nSPS) is 12.6. The summed E-state index contributed by atoms with van der Waals surface area (Å²) in [5, 5.41) is 7.51. The second-order valence-electron chi connectivity index (χ2n) is 4.06. The Hall–Kier alpha value is -1.81. The minimum atomic E-state index is 0.191. The molecule has 0 radical (unpaired) electrons. The molecule has 2 aromatic rings. The number of nitrogens with one attached hydrogen (secondary N) is 1. The second-order valence-corrected chi connectivity index (χ2v) is 4.06. The van der Waals surface area contributed by atoms with Gasteiger partial charge in [0.2, 0.25) is 0 Å². The molecule has 1 atom stereocenters. The van der Waals surface area contributed by atoms with Gasteiger partial charge in [0.25, 0.3) is 0 Å². The zero-order valence-corrected chi connectivity index (χ0v) is 10.2. The molecule has 0 aliphatic heterocycles. The van der Waals surface area contributed by atoms with Gasteiger partial charge in [-0.15, -0.1) is 0 Å². The van der Waals surface area contributed by atoms with Crippen LogP contribution in [-0.4, -0.2) is 9.78 Å². The average Bonchev–Trinajstić information content (AvgIpc) is 2.94. The van der Waals surface area contributed by atoms with Crippen LogP contribution in [-0.2, 0) is 6.54 Å². The van der Waals surface area contributed by atoms with Gasteiger partial charge in [0.05, 0.1) is 12.2 Å². The molecule has 1 unspecified atom stereocenters. The molecule has 2 aromatic heterocycles. The highest BCUT2D eigenvalue weighted by molar-refractivity contribution is 5.18. The molecule has 1 N–H and O–H groups in total. The maximum Gasteiger partial charge on any atom is 0.120 e. The van der Waals surface area contributed by atoms with Gasteiger partial charge in [-0.3, -0.25) is 0 Å². The molecular formula is C13H17N3O. The van der Waals surface area contributed by atoms with Crippen molar-refractivity contribution < 1.29 is 4.42 Å². The zero-order valence-electron chi connectivity index (χ0n) is 10.2. The Morgan fingerprint density at radius 1 is 1.59 bits per heavy atom. The molecule has 0 aliphatic carbocycles. The SMILES string of the molecule is C=Cn1cc(CNC(C)c2ccc(C)o2)cn1. The van der Waals surface area contributed by atoms with E-state index in [1.165, 1.54) is 0 Å². The summed E-state index contributed by atoms with van der Waals surface area (Å²) < 4.78 is 7.25.